The van der Waals surface area contributed by atoms with Crippen LogP contribution >= 0.6 is 0 Å². The predicted molar refractivity (Wildman–Crippen MR) is 77.8 cm³/mol. The van der Waals surface area contributed by atoms with Crippen molar-refractivity contribution in [2.75, 3.05) is 5.32 Å². The minimum atomic E-state index is -0.563. The van der Waals surface area contributed by atoms with E-state index in [1.165, 1.54) is 0 Å². The van der Waals surface area contributed by atoms with E-state index >= 15 is 0 Å². The van der Waals surface area contributed by atoms with Crippen LogP contribution in [0.15, 0.2) is 36.5 Å². The van der Waals surface area contributed by atoms with E-state index in [2.05, 4.69) is 10.3 Å². The Morgan fingerprint density at radius 2 is 1.95 bits per heavy atom. The molecule has 0 saturated heterocycles. The van der Waals surface area contributed by atoms with E-state index in [9.17, 15) is 4.79 Å². The first-order valence-electron chi connectivity index (χ1n) is 6.30. The molecule has 0 spiro atoms. The molecule has 1 aromatic heterocycles. The molecule has 0 fully saturated rings. The molecular weight excluding hydrogens is 238 g/mol. The lowest BCUT2D eigenvalue weighted by Gasteiger charge is -2.25. The van der Waals surface area contributed by atoms with E-state index in [1.54, 1.807) is 6.20 Å². The van der Waals surface area contributed by atoms with Gasteiger partial charge in [-0.3, -0.25) is 9.78 Å². The average Bonchev–Trinajstić information content (AvgIpc) is 2.37. The Morgan fingerprint density at radius 3 is 2.63 bits per heavy atom. The number of para-hydroxylation sites is 1. The number of carbonyl (C=O) groups is 1. The van der Waals surface area contributed by atoms with Crippen LogP contribution in [-0.2, 0) is 4.79 Å². The quantitative estimate of drug-likeness (QED) is 0.868. The zero-order valence-electron chi connectivity index (χ0n) is 11.5. The molecule has 4 nitrogen and oxygen atoms in total. The van der Waals surface area contributed by atoms with Gasteiger partial charge >= 0.3 is 0 Å². The summed E-state index contributed by atoms with van der Waals surface area (Å²) in [5.41, 5.74) is 7.15. The van der Waals surface area contributed by atoms with Gasteiger partial charge in [-0.1, -0.05) is 39.0 Å². The summed E-state index contributed by atoms with van der Waals surface area (Å²) in [7, 11) is 0. The Kier molecular flexibility index (Phi) is 3.53. The van der Waals surface area contributed by atoms with Gasteiger partial charge in [0.25, 0.3) is 0 Å². The second-order valence-corrected chi connectivity index (χ2v) is 5.71. The third-order valence-electron chi connectivity index (χ3n) is 3.11. The minimum absolute atomic E-state index is 0.189. The molecule has 0 unspecified atom stereocenters. The third kappa shape index (κ3) is 2.90. The van der Waals surface area contributed by atoms with Crippen LogP contribution in [-0.4, -0.2) is 16.9 Å². The SMILES string of the molecule is CC(C)(C)[C@H](N)C(=O)Nc1cccc2cccnc12. The second kappa shape index (κ2) is 4.97. The minimum Gasteiger partial charge on any atom is -0.323 e. The maximum absolute atomic E-state index is 12.1. The van der Waals surface area contributed by atoms with Crippen LogP contribution < -0.4 is 11.1 Å². The number of pyridine rings is 1. The molecule has 0 bridgehead atoms. The molecule has 0 saturated carbocycles. The van der Waals surface area contributed by atoms with Gasteiger partial charge in [0.2, 0.25) is 5.91 Å². The highest BCUT2D eigenvalue weighted by Crippen LogP contribution is 2.23. The molecule has 100 valence electrons. The molecule has 1 aromatic carbocycles. The molecule has 1 amide bonds. The number of hydrogen-bond acceptors (Lipinski definition) is 3. The third-order valence-corrected chi connectivity index (χ3v) is 3.11. The van der Waals surface area contributed by atoms with Gasteiger partial charge in [-0.05, 0) is 17.5 Å². The molecule has 3 N–H and O–H groups in total. The van der Waals surface area contributed by atoms with Gasteiger partial charge in [0, 0.05) is 11.6 Å². The molecule has 19 heavy (non-hydrogen) atoms. The predicted octanol–water partition coefficient (Wildman–Crippen LogP) is 2.55. The summed E-state index contributed by atoms with van der Waals surface area (Å²) >= 11 is 0. The van der Waals surface area contributed by atoms with Crippen LogP contribution in [0.1, 0.15) is 20.8 Å². The van der Waals surface area contributed by atoms with E-state index in [0.717, 1.165) is 10.9 Å². The van der Waals surface area contributed by atoms with Crippen molar-refractivity contribution in [1.82, 2.24) is 4.98 Å². The Morgan fingerprint density at radius 1 is 1.26 bits per heavy atom. The summed E-state index contributed by atoms with van der Waals surface area (Å²) in [6.45, 7) is 5.83. The van der Waals surface area contributed by atoms with Crippen molar-refractivity contribution >= 4 is 22.5 Å². The topological polar surface area (TPSA) is 68.0 Å². The number of nitrogens with two attached hydrogens (primary N) is 1. The average molecular weight is 257 g/mol. The molecule has 4 heteroatoms. The molecule has 1 heterocycles. The summed E-state index contributed by atoms with van der Waals surface area (Å²) in [6, 6.07) is 8.95. The zero-order chi connectivity index (χ0) is 14.0. The highest BCUT2D eigenvalue weighted by Gasteiger charge is 2.27. The van der Waals surface area contributed by atoms with Gasteiger partial charge in [0.15, 0.2) is 0 Å². The van der Waals surface area contributed by atoms with Crippen molar-refractivity contribution in [3.05, 3.63) is 36.5 Å². The summed E-state index contributed by atoms with van der Waals surface area (Å²) in [5, 5.41) is 3.86. The molecule has 2 aromatic rings. The van der Waals surface area contributed by atoms with E-state index in [-0.39, 0.29) is 11.3 Å². The lowest BCUT2D eigenvalue weighted by atomic mass is 9.87. The first-order valence-corrected chi connectivity index (χ1v) is 6.30. The number of benzene rings is 1. The lowest BCUT2D eigenvalue weighted by Crippen LogP contribution is -2.45. The maximum atomic E-state index is 12.1. The van der Waals surface area contributed by atoms with Gasteiger partial charge in [-0.25, -0.2) is 0 Å². The van der Waals surface area contributed by atoms with Gasteiger partial charge in [0.05, 0.1) is 17.2 Å². The van der Waals surface area contributed by atoms with Gasteiger partial charge in [0.1, 0.15) is 0 Å². The highest BCUT2D eigenvalue weighted by atomic mass is 16.2. The number of amides is 1. The van der Waals surface area contributed by atoms with E-state index in [0.29, 0.717) is 5.69 Å². The molecule has 0 aliphatic rings. The maximum Gasteiger partial charge on any atom is 0.241 e. The monoisotopic (exact) mass is 257 g/mol. The van der Waals surface area contributed by atoms with Crippen LogP contribution in [0.25, 0.3) is 10.9 Å². The van der Waals surface area contributed by atoms with E-state index in [4.69, 9.17) is 5.73 Å². The normalized spacial score (nSPS) is 13.3. The van der Waals surface area contributed by atoms with Crippen molar-refractivity contribution in [1.29, 1.82) is 0 Å². The molecular formula is C15H19N3O. The van der Waals surface area contributed by atoms with E-state index < -0.39 is 6.04 Å². The molecule has 2 rings (SSSR count). The summed E-state index contributed by atoms with van der Waals surface area (Å²) < 4.78 is 0. The number of fused-ring (bicyclic) bond motifs is 1. The van der Waals surface area contributed by atoms with Gasteiger partial charge in [-0.15, -0.1) is 0 Å². The molecule has 0 aliphatic carbocycles. The Bertz CT molecular complexity index is 596. The second-order valence-electron chi connectivity index (χ2n) is 5.71. The molecule has 0 radical (unpaired) electrons. The van der Waals surface area contributed by atoms with Crippen molar-refractivity contribution in [2.24, 2.45) is 11.1 Å². The number of nitrogens with zero attached hydrogens (tertiary/aromatic N) is 1. The smallest absolute Gasteiger partial charge is 0.241 e. The Balaban J connectivity index is 2.29. The van der Waals surface area contributed by atoms with Crippen molar-refractivity contribution in [2.45, 2.75) is 26.8 Å². The number of rotatable bonds is 2. The number of carbonyl (C=O) groups excluding carboxylic acids is 1. The number of aromatic nitrogens is 1. The fourth-order valence-corrected chi connectivity index (χ4v) is 1.81. The molecule has 1 atom stereocenters. The van der Waals surface area contributed by atoms with Gasteiger partial charge in [-0.2, -0.15) is 0 Å². The Hall–Kier alpha value is -1.94. The van der Waals surface area contributed by atoms with Crippen molar-refractivity contribution in [3.8, 4) is 0 Å². The number of hydrogen-bond donors (Lipinski definition) is 2. The van der Waals surface area contributed by atoms with Gasteiger partial charge < -0.3 is 11.1 Å². The fourth-order valence-electron chi connectivity index (χ4n) is 1.81. The summed E-state index contributed by atoms with van der Waals surface area (Å²) in [4.78, 5) is 16.4. The van der Waals surface area contributed by atoms with Crippen LogP contribution in [0.2, 0.25) is 0 Å². The van der Waals surface area contributed by atoms with Crippen LogP contribution in [0.4, 0.5) is 5.69 Å². The van der Waals surface area contributed by atoms with Crippen LogP contribution in [0, 0.1) is 5.41 Å². The largest absolute Gasteiger partial charge is 0.323 e. The first kappa shape index (κ1) is 13.5. The lowest BCUT2D eigenvalue weighted by molar-refractivity contribution is -0.119. The Labute approximate surface area is 113 Å². The van der Waals surface area contributed by atoms with Crippen molar-refractivity contribution in [3.63, 3.8) is 0 Å². The van der Waals surface area contributed by atoms with Crippen LogP contribution in [0.5, 0.6) is 0 Å². The van der Waals surface area contributed by atoms with Crippen molar-refractivity contribution < 1.29 is 4.79 Å². The fraction of sp³-hybridized carbons (Fsp3) is 0.333. The van der Waals surface area contributed by atoms with E-state index in [1.807, 2.05) is 51.1 Å². The zero-order valence-corrected chi connectivity index (χ0v) is 11.5. The summed E-state index contributed by atoms with van der Waals surface area (Å²) in [6.07, 6.45) is 1.71. The number of nitrogens with one attached hydrogen (secondary N) is 1. The highest BCUT2D eigenvalue weighted by molar-refractivity contribution is 6.02. The number of anilines is 1. The summed E-state index contributed by atoms with van der Waals surface area (Å²) in [5.74, 6) is -0.189. The first-order chi connectivity index (χ1) is 8.89. The standard InChI is InChI=1S/C15H19N3O/c1-15(2,3)13(16)14(19)18-11-8-4-6-10-7-5-9-17-12(10)11/h4-9,13H,16H2,1-3H3,(H,18,19)/t13-/m1/s1. The van der Waals surface area contributed by atoms with Crippen LogP contribution in [0.3, 0.4) is 0 Å². The molecule has 0 aliphatic heterocycles.